The van der Waals surface area contributed by atoms with E-state index in [0.717, 1.165) is 23.1 Å². The van der Waals surface area contributed by atoms with Crippen molar-refractivity contribution in [3.63, 3.8) is 0 Å². The van der Waals surface area contributed by atoms with Gasteiger partial charge in [-0.3, -0.25) is 15.4 Å². The molecule has 0 aromatic heterocycles. The van der Waals surface area contributed by atoms with E-state index in [4.69, 9.17) is 4.74 Å². The van der Waals surface area contributed by atoms with Gasteiger partial charge >= 0.3 is 6.18 Å². The molecule has 1 saturated heterocycles. The molecule has 0 saturated carbocycles. The van der Waals surface area contributed by atoms with Crippen LogP contribution in [-0.2, 0) is 6.18 Å². The molecule has 0 spiro atoms. The zero-order valence-corrected chi connectivity index (χ0v) is 15.2. The van der Waals surface area contributed by atoms with E-state index in [1.807, 2.05) is 0 Å². The molecular formula is C18H16F5N3O4. The third-order valence-corrected chi connectivity index (χ3v) is 4.49. The molecule has 0 unspecified atom stereocenters. The zero-order chi connectivity index (χ0) is 22.1. The van der Waals surface area contributed by atoms with Crippen LogP contribution in [-0.4, -0.2) is 42.1 Å². The standard InChI is InChI=1S/C18H16F5N3O4/c19-11-3-1-2-4-13(11)30-14-6-5-12(26(28)29)16(15(14)18(21,22)23)25-8-7-24-17(20,9-25)10-27/h1-6,24,27H,7-10H2/t17-/m1/s1. The molecule has 2 N–H and O–H groups in total. The van der Waals surface area contributed by atoms with E-state index in [9.17, 15) is 37.2 Å². The Hall–Kier alpha value is -2.99. The Morgan fingerprint density at radius 1 is 1.23 bits per heavy atom. The molecule has 0 bridgehead atoms. The fourth-order valence-electron chi connectivity index (χ4n) is 3.18. The maximum absolute atomic E-state index is 14.6. The number of aliphatic hydroxyl groups excluding tert-OH is 1. The number of nitrogens with one attached hydrogen (secondary N) is 1. The predicted octanol–water partition coefficient (Wildman–Crippen LogP) is 3.61. The summed E-state index contributed by atoms with van der Waals surface area (Å²) in [5, 5.41) is 23.0. The molecule has 1 aliphatic heterocycles. The van der Waals surface area contributed by atoms with E-state index < -0.39 is 64.3 Å². The largest absolute Gasteiger partial charge is 0.454 e. The van der Waals surface area contributed by atoms with Crippen LogP contribution in [0.4, 0.5) is 33.3 Å². The Bertz CT molecular complexity index is 956. The molecule has 2 aromatic carbocycles. The Morgan fingerprint density at radius 3 is 2.53 bits per heavy atom. The summed E-state index contributed by atoms with van der Waals surface area (Å²) < 4.78 is 75.6. The molecular weight excluding hydrogens is 417 g/mol. The lowest BCUT2D eigenvalue weighted by atomic mass is 10.0. The summed E-state index contributed by atoms with van der Waals surface area (Å²) in [6, 6.07) is 6.22. The third kappa shape index (κ3) is 4.28. The van der Waals surface area contributed by atoms with Crippen molar-refractivity contribution in [1.29, 1.82) is 0 Å². The Kier molecular flexibility index (Phi) is 5.81. The number of hydrogen-bond acceptors (Lipinski definition) is 6. The highest BCUT2D eigenvalue weighted by Crippen LogP contribution is 2.48. The van der Waals surface area contributed by atoms with Crippen LogP contribution in [0.3, 0.4) is 0 Å². The van der Waals surface area contributed by atoms with Gasteiger partial charge in [-0.05, 0) is 18.2 Å². The van der Waals surface area contributed by atoms with E-state index in [1.165, 1.54) is 12.1 Å². The summed E-state index contributed by atoms with van der Waals surface area (Å²) in [6.45, 7) is -2.22. The van der Waals surface area contributed by atoms with Gasteiger partial charge in [-0.1, -0.05) is 12.1 Å². The zero-order valence-electron chi connectivity index (χ0n) is 15.2. The number of rotatable bonds is 5. The van der Waals surface area contributed by atoms with Crippen LogP contribution < -0.4 is 15.0 Å². The number of hydrogen-bond donors (Lipinski definition) is 2. The second-order valence-corrected chi connectivity index (χ2v) is 6.57. The van der Waals surface area contributed by atoms with Crippen molar-refractivity contribution in [3.05, 3.63) is 57.9 Å². The highest BCUT2D eigenvalue weighted by Gasteiger charge is 2.45. The van der Waals surface area contributed by atoms with Crippen LogP contribution in [0, 0.1) is 15.9 Å². The van der Waals surface area contributed by atoms with Crippen LogP contribution >= 0.6 is 0 Å². The number of alkyl halides is 4. The molecule has 1 atom stereocenters. The molecule has 30 heavy (non-hydrogen) atoms. The number of aliphatic hydroxyl groups is 1. The molecule has 7 nitrogen and oxygen atoms in total. The first-order valence-electron chi connectivity index (χ1n) is 8.66. The van der Waals surface area contributed by atoms with Gasteiger partial charge in [0, 0.05) is 19.2 Å². The van der Waals surface area contributed by atoms with Crippen LogP contribution in [0.5, 0.6) is 11.5 Å². The molecule has 0 amide bonds. The van der Waals surface area contributed by atoms with Gasteiger partial charge in [0.2, 0.25) is 5.79 Å². The highest BCUT2D eigenvalue weighted by molar-refractivity contribution is 5.73. The van der Waals surface area contributed by atoms with Crippen molar-refractivity contribution in [1.82, 2.24) is 5.32 Å². The predicted molar refractivity (Wildman–Crippen MR) is 95.7 cm³/mol. The van der Waals surface area contributed by atoms with Gasteiger partial charge in [0.15, 0.2) is 11.6 Å². The number of nitro groups is 1. The van der Waals surface area contributed by atoms with E-state index in [-0.39, 0.29) is 13.1 Å². The summed E-state index contributed by atoms with van der Waals surface area (Å²) in [7, 11) is 0. The van der Waals surface area contributed by atoms with Crippen molar-refractivity contribution in [2.24, 2.45) is 0 Å². The molecule has 1 fully saturated rings. The van der Waals surface area contributed by atoms with Crippen molar-refractivity contribution in [3.8, 4) is 11.5 Å². The first kappa shape index (κ1) is 21.7. The number of ether oxygens (including phenoxy) is 1. The van der Waals surface area contributed by atoms with Gasteiger partial charge in [-0.15, -0.1) is 0 Å². The number of nitrogens with zero attached hydrogens (tertiary/aromatic N) is 2. The fourth-order valence-corrected chi connectivity index (χ4v) is 3.18. The molecule has 162 valence electrons. The lowest BCUT2D eigenvalue weighted by Crippen LogP contribution is -2.60. The van der Waals surface area contributed by atoms with Crippen LogP contribution in [0.1, 0.15) is 5.56 Å². The van der Waals surface area contributed by atoms with Crippen molar-refractivity contribution < 1.29 is 36.7 Å². The van der Waals surface area contributed by atoms with Crippen molar-refractivity contribution >= 4 is 11.4 Å². The first-order chi connectivity index (χ1) is 14.1. The lowest BCUT2D eigenvalue weighted by molar-refractivity contribution is -0.384. The maximum Gasteiger partial charge on any atom is 0.422 e. The lowest BCUT2D eigenvalue weighted by Gasteiger charge is -2.39. The minimum atomic E-state index is -5.15. The number of nitro benzene ring substituents is 1. The number of piperazine rings is 1. The molecule has 2 aromatic rings. The molecule has 1 heterocycles. The molecule has 3 rings (SSSR count). The highest BCUT2D eigenvalue weighted by atomic mass is 19.4. The van der Waals surface area contributed by atoms with Gasteiger partial charge in [0.25, 0.3) is 5.69 Å². The quantitative estimate of drug-likeness (QED) is 0.324. The second kappa shape index (κ2) is 8.03. The Balaban J connectivity index is 2.20. The first-order valence-corrected chi connectivity index (χ1v) is 8.66. The van der Waals surface area contributed by atoms with Gasteiger partial charge in [0.05, 0.1) is 18.1 Å². The summed E-state index contributed by atoms with van der Waals surface area (Å²) in [4.78, 5) is 11.2. The molecule has 0 aliphatic carbocycles. The Morgan fingerprint density at radius 2 is 1.93 bits per heavy atom. The minimum absolute atomic E-state index is 0.177. The monoisotopic (exact) mass is 433 g/mol. The topological polar surface area (TPSA) is 87.9 Å². The van der Waals surface area contributed by atoms with E-state index in [1.54, 1.807) is 0 Å². The molecule has 0 radical (unpaired) electrons. The minimum Gasteiger partial charge on any atom is -0.454 e. The summed E-state index contributed by atoms with van der Waals surface area (Å²) in [5.41, 5.74) is -3.38. The fraction of sp³-hybridized carbons (Fsp3) is 0.333. The number of anilines is 1. The molecule has 12 heteroatoms. The van der Waals surface area contributed by atoms with Gasteiger partial charge in [-0.2, -0.15) is 13.2 Å². The Labute approximate surface area is 166 Å². The van der Waals surface area contributed by atoms with Gasteiger partial charge in [-0.25, -0.2) is 8.78 Å². The normalized spacial score (nSPS) is 19.6. The van der Waals surface area contributed by atoms with E-state index in [0.29, 0.717) is 6.07 Å². The van der Waals surface area contributed by atoms with Gasteiger partial charge < -0.3 is 14.7 Å². The van der Waals surface area contributed by atoms with Crippen molar-refractivity contribution in [2.75, 3.05) is 31.1 Å². The number of benzene rings is 2. The van der Waals surface area contributed by atoms with Crippen LogP contribution in [0.25, 0.3) is 0 Å². The average molecular weight is 433 g/mol. The maximum atomic E-state index is 14.6. The smallest absolute Gasteiger partial charge is 0.422 e. The summed E-state index contributed by atoms with van der Waals surface area (Å²) in [5.74, 6) is -4.79. The van der Waals surface area contributed by atoms with Gasteiger partial charge in [0.1, 0.15) is 17.0 Å². The average Bonchev–Trinajstić information content (AvgIpc) is 2.68. The van der Waals surface area contributed by atoms with Crippen LogP contribution in [0.15, 0.2) is 36.4 Å². The SMILES string of the molecule is O=[N+]([O-])c1ccc(Oc2ccccc2F)c(C(F)(F)F)c1N1CCN[C@@](F)(CO)C1. The second-order valence-electron chi connectivity index (χ2n) is 6.57. The number of para-hydroxylation sites is 1. The summed E-state index contributed by atoms with van der Waals surface area (Å²) in [6.07, 6.45) is -5.15. The van der Waals surface area contributed by atoms with Crippen LogP contribution in [0.2, 0.25) is 0 Å². The summed E-state index contributed by atoms with van der Waals surface area (Å²) >= 11 is 0. The van der Waals surface area contributed by atoms with E-state index in [2.05, 4.69) is 5.32 Å². The molecule has 1 aliphatic rings. The van der Waals surface area contributed by atoms with Crippen molar-refractivity contribution in [2.45, 2.75) is 12.0 Å². The van der Waals surface area contributed by atoms with E-state index >= 15 is 0 Å². The third-order valence-electron chi connectivity index (χ3n) is 4.49. The number of halogens is 5.